The van der Waals surface area contributed by atoms with Gasteiger partial charge in [-0.05, 0) is 18.5 Å². The summed E-state index contributed by atoms with van der Waals surface area (Å²) in [4.78, 5) is 14.9. The van der Waals surface area contributed by atoms with Crippen LogP contribution in [-0.4, -0.2) is 18.7 Å². The maximum Gasteiger partial charge on any atom is 0.222 e. The third-order valence-corrected chi connectivity index (χ3v) is 1.53. The van der Waals surface area contributed by atoms with E-state index < -0.39 is 0 Å². The summed E-state index contributed by atoms with van der Waals surface area (Å²) in [6.07, 6.45) is 0. The molecule has 0 saturated heterocycles. The molecule has 3 nitrogen and oxygen atoms in total. The Balaban J connectivity index is 2.97. The number of rotatable bonds is 1. The van der Waals surface area contributed by atoms with Gasteiger partial charge in [-0.1, -0.05) is 6.07 Å². The Hall–Kier alpha value is -1.32. The SMILES string of the molecule is Bc1ccc(C)nc1NC(C)=O. The fourth-order valence-corrected chi connectivity index (χ4v) is 0.920. The Morgan fingerprint density at radius 3 is 2.83 bits per heavy atom. The van der Waals surface area contributed by atoms with Crippen molar-refractivity contribution in [3.05, 3.63) is 17.8 Å². The Labute approximate surface area is 72.6 Å². The Bertz CT molecular complexity index is 312. The minimum absolute atomic E-state index is 0.0869. The topological polar surface area (TPSA) is 42.0 Å². The molecule has 1 heterocycles. The number of nitrogens with zero attached hydrogens (tertiary/aromatic N) is 1. The number of hydrogen-bond donors (Lipinski definition) is 1. The van der Waals surface area contributed by atoms with Crippen molar-refractivity contribution in [2.45, 2.75) is 13.8 Å². The molecule has 0 radical (unpaired) electrons. The minimum atomic E-state index is -0.0869. The van der Waals surface area contributed by atoms with Gasteiger partial charge in [-0.15, -0.1) is 0 Å². The van der Waals surface area contributed by atoms with Crippen molar-refractivity contribution in [3.63, 3.8) is 0 Å². The molecule has 0 aliphatic carbocycles. The second-order valence-corrected chi connectivity index (χ2v) is 2.80. The number of hydrogen-bond acceptors (Lipinski definition) is 2. The zero-order chi connectivity index (χ0) is 9.14. The lowest BCUT2D eigenvalue weighted by atomic mass is 9.97. The Morgan fingerprint density at radius 2 is 2.25 bits per heavy atom. The van der Waals surface area contributed by atoms with E-state index in [-0.39, 0.29) is 5.91 Å². The molecule has 0 atom stereocenters. The molecular formula is C8H11BN2O. The molecule has 1 N–H and O–H groups in total. The highest BCUT2D eigenvalue weighted by Gasteiger charge is 2.00. The first-order chi connectivity index (χ1) is 5.59. The molecule has 62 valence electrons. The van der Waals surface area contributed by atoms with Crippen molar-refractivity contribution in [3.8, 4) is 0 Å². The normalized spacial score (nSPS) is 9.50. The molecule has 1 amide bonds. The standard InChI is InChI=1S/C8H11BN2O/c1-5-3-4-7(9)8(10-5)11-6(2)12/h3-4H,9H2,1-2H3,(H,10,11,12). The first-order valence-electron chi connectivity index (χ1n) is 3.81. The van der Waals surface area contributed by atoms with E-state index in [4.69, 9.17) is 0 Å². The lowest BCUT2D eigenvalue weighted by Crippen LogP contribution is -2.18. The van der Waals surface area contributed by atoms with Gasteiger partial charge in [-0.25, -0.2) is 4.98 Å². The summed E-state index contributed by atoms with van der Waals surface area (Å²) in [7, 11) is 1.91. The van der Waals surface area contributed by atoms with Crippen LogP contribution in [0.4, 0.5) is 5.82 Å². The number of pyridine rings is 1. The van der Waals surface area contributed by atoms with Crippen LogP contribution in [0.25, 0.3) is 0 Å². The molecule has 1 aromatic rings. The van der Waals surface area contributed by atoms with Crippen LogP contribution in [0.15, 0.2) is 12.1 Å². The molecule has 0 spiro atoms. The van der Waals surface area contributed by atoms with Gasteiger partial charge < -0.3 is 5.32 Å². The highest BCUT2D eigenvalue weighted by atomic mass is 16.1. The van der Waals surface area contributed by atoms with E-state index in [2.05, 4.69) is 10.3 Å². The average Bonchev–Trinajstić information content (AvgIpc) is 1.96. The predicted molar refractivity (Wildman–Crippen MR) is 51.5 cm³/mol. The summed E-state index contributed by atoms with van der Waals surface area (Å²) in [5.41, 5.74) is 1.89. The van der Waals surface area contributed by atoms with Crippen LogP contribution in [0.5, 0.6) is 0 Å². The zero-order valence-electron chi connectivity index (χ0n) is 7.51. The van der Waals surface area contributed by atoms with Gasteiger partial charge in [0.15, 0.2) is 0 Å². The van der Waals surface area contributed by atoms with Gasteiger partial charge in [0, 0.05) is 12.6 Å². The Morgan fingerprint density at radius 1 is 1.58 bits per heavy atom. The van der Waals surface area contributed by atoms with E-state index >= 15 is 0 Å². The molecule has 0 aliphatic heterocycles. The quantitative estimate of drug-likeness (QED) is 0.571. The van der Waals surface area contributed by atoms with Gasteiger partial charge in [0.25, 0.3) is 0 Å². The zero-order valence-corrected chi connectivity index (χ0v) is 7.51. The van der Waals surface area contributed by atoms with Crippen molar-refractivity contribution < 1.29 is 4.79 Å². The number of aryl methyl sites for hydroxylation is 1. The third-order valence-electron chi connectivity index (χ3n) is 1.53. The molecule has 0 bridgehead atoms. The molecule has 4 heteroatoms. The summed E-state index contributed by atoms with van der Waals surface area (Å²) in [6, 6.07) is 3.86. The number of carbonyl (C=O) groups excluding carboxylic acids is 1. The smallest absolute Gasteiger partial charge is 0.222 e. The number of amides is 1. The summed E-state index contributed by atoms with van der Waals surface area (Å²) in [6.45, 7) is 3.37. The molecule has 1 rings (SSSR count). The van der Waals surface area contributed by atoms with Crippen molar-refractivity contribution in [2.24, 2.45) is 0 Å². The molecule has 0 aliphatic rings. The third kappa shape index (κ3) is 2.08. The van der Waals surface area contributed by atoms with Gasteiger partial charge in [0.1, 0.15) is 13.7 Å². The molecular weight excluding hydrogens is 151 g/mol. The van der Waals surface area contributed by atoms with Crippen molar-refractivity contribution in [1.82, 2.24) is 4.98 Å². The van der Waals surface area contributed by atoms with Gasteiger partial charge in [-0.3, -0.25) is 4.79 Å². The lowest BCUT2D eigenvalue weighted by Gasteiger charge is -2.05. The van der Waals surface area contributed by atoms with Crippen LogP contribution < -0.4 is 10.8 Å². The van der Waals surface area contributed by atoms with Crippen molar-refractivity contribution >= 4 is 25.0 Å². The molecule has 0 aromatic carbocycles. The maximum atomic E-state index is 10.7. The predicted octanol–water partition coefficient (Wildman–Crippen LogP) is -0.393. The second-order valence-electron chi connectivity index (χ2n) is 2.80. The van der Waals surface area contributed by atoms with Crippen LogP contribution in [0.1, 0.15) is 12.6 Å². The summed E-state index contributed by atoms with van der Waals surface area (Å²) in [5.74, 6) is 0.568. The van der Waals surface area contributed by atoms with Crippen LogP contribution >= 0.6 is 0 Å². The highest BCUT2D eigenvalue weighted by Crippen LogP contribution is 1.99. The van der Waals surface area contributed by atoms with E-state index in [0.29, 0.717) is 5.82 Å². The number of aromatic nitrogens is 1. The van der Waals surface area contributed by atoms with E-state index in [9.17, 15) is 4.79 Å². The Kier molecular flexibility index (Phi) is 2.48. The van der Waals surface area contributed by atoms with Crippen molar-refractivity contribution in [2.75, 3.05) is 5.32 Å². The van der Waals surface area contributed by atoms with E-state index in [1.807, 2.05) is 26.9 Å². The number of anilines is 1. The van der Waals surface area contributed by atoms with Crippen LogP contribution in [-0.2, 0) is 4.79 Å². The average molecular weight is 162 g/mol. The minimum Gasteiger partial charge on any atom is -0.311 e. The largest absolute Gasteiger partial charge is 0.311 e. The van der Waals surface area contributed by atoms with Gasteiger partial charge in [0.2, 0.25) is 5.91 Å². The molecule has 0 unspecified atom stereocenters. The molecule has 0 fully saturated rings. The fraction of sp³-hybridized carbons (Fsp3) is 0.250. The van der Waals surface area contributed by atoms with Crippen LogP contribution in [0.2, 0.25) is 0 Å². The van der Waals surface area contributed by atoms with Crippen LogP contribution in [0.3, 0.4) is 0 Å². The fourth-order valence-electron chi connectivity index (χ4n) is 0.920. The van der Waals surface area contributed by atoms with Crippen molar-refractivity contribution in [1.29, 1.82) is 0 Å². The molecule has 1 aromatic heterocycles. The summed E-state index contributed by atoms with van der Waals surface area (Å²) in [5, 5.41) is 2.66. The van der Waals surface area contributed by atoms with Crippen LogP contribution in [0, 0.1) is 6.92 Å². The van der Waals surface area contributed by atoms with E-state index in [1.165, 1.54) is 6.92 Å². The van der Waals surface area contributed by atoms with E-state index in [0.717, 1.165) is 11.2 Å². The lowest BCUT2D eigenvalue weighted by molar-refractivity contribution is -0.114. The first kappa shape index (κ1) is 8.78. The monoisotopic (exact) mass is 162 g/mol. The van der Waals surface area contributed by atoms with Gasteiger partial charge >= 0.3 is 0 Å². The first-order valence-corrected chi connectivity index (χ1v) is 3.81. The summed E-state index contributed by atoms with van der Waals surface area (Å²) < 4.78 is 0. The molecule has 0 saturated carbocycles. The molecule has 12 heavy (non-hydrogen) atoms. The second kappa shape index (κ2) is 3.39. The summed E-state index contributed by atoms with van der Waals surface area (Å²) >= 11 is 0. The highest BCUT2D eigenvalue weighted by molar-refractivity contribution is 6.35. The number of carbonyl (C=O) groups is 1. The number of nitrogens with one attached hydrogen (secondary N) is 1. The van der Waals surface area contributed by atoms with Gasteiger partial charge in [0.05, 0.1) is 0 Å². The van der Waals surface area contributed by atoms with E-state index in [1.54, 1.807) is 0 Å². The van der Waals surface area contributed by atoms with Gasteiger partial charge in [-0.2, -0.15) is 0 Å². The maximum absolute atomic E-state index is 10.7.